The van der Waals surface area contributed by atoms with Crippen LogP contribution >= 0.6 is 11.3 Å². The number of phenols is 1. The fraction of sp³-hybridized carbons (Fsp3) is 0.500. The summed E-state index contributed by atoms with van der Waals surface area (Å²) in [6, 6.07) is 8.03. The van der Waals surface area contributed by atoms with Gasteiger partial charge in [-0.05, 0) is 91.8 Å². The molecular formula is C32H39NO4S. The molecule has 4 atom stereocenters. The molecule has 2 fully saturated rings. The van der Waals surface area contributed by atoms with E-state index in [-0.39, 0.29) is 35.7 Å². The summed E-state index contributed by atoms with van der Waals surface area (Å²) in [7, 11) is 0. The predicted octanol–water partition coefficient (Wildman–Crippen LogP) is 6.96. The number of imide groups is 1. The van der Waals surface area contributed by atoms with Crippen molar-refractivity contribution >= 4 is 29.2 Å². The van der Waals surface area contributed by atoms with Crippen LogP contribution in [-0.2, 0) is 20.9 Å². The minimum Gasteiger partial charge on any atom is -0.507 e. The first kappa shape index (κ1) is 26.9. The maximum Gasteiger partial charge on any atom is 0.234 e. The molecule has 0 saturated carbocycles. The van der Waals surface area contributed by atoms with Crippen LogP contribution in [0.5, 0.6) is 5.75 Å². The summed E-state index contributed by atoms with van der Waals surface area (Å²) >= 11 is 1.59. The van der Waals surface area contributed by atoms with E-state index in [0.717, 1.165) is 53.7 Å². The van der Waals surface area contributed by atoms with E-state index in [1.807, 2.05) is 43.5 Å². The third-order valence-electron chi connectivity index (χ3n) is 8.61. The van der Waals surface area contributed by atoms with Gasteiger partial charge in [-0.2, -0.15) is 0 Å². The predicted molar refractivity (Wildman–Crippen MR) is 152 cm³/mol. The lowest BCUT2D eigenvalue weighted by molar-refractivity contribution is -0.140. The number of aromatic hydroxyl groups is 1. The number of likely N-dealkylation sites (tertiary alicyclic amines) is 1. The highest BCUT2D eigenvalue weighted by atomic mass is 32.1. The van der Waals surface area contributed by atoms with Crippen molar-refractivity contribution in [3.05, 3.63) is 67.9 Å². The number of rotatable bonds is 9. The van der Waals surface area contributed by atoms with Gasteiger partial charge in [-0.25, -0.2) is 0 Å². The van der Waals surface area contributed by atoms with Crippen molar-refractivity contribution in [2.45, 2.75) is 78.9 Å². The third-order valence-corrected chi connectivity index (χ3v) is 9.47. The molecule has 38 heavy (non-hydrogen) atoms. The zero-order chi connectivity index (χ0) is 27.0. The van der Waals surface area contributed by atoms with E-state index in [1.165, 1.54) is 21.6 Å². The molecule has 3 heterocycles. The summed E-state index contributed by atoms with van der Waals surface area (Å²) < 4.78 is 6.41. The standard InChI is InChI=1S/C32H39NO4S/c1-5-8-23-16-25-29(32(36)33(31(25)35)17-24-9-7-12-38-24)26-18-37-27(28(23)26)11-10-21(6-2)15-22-13-19(3)30(34)20(4)14-22/h7,9,12-15,25-27,29,34H,5-6,8,10-11,16-18H2,1-4H3/b21-15+/t25-,26+,27-,29-/m1/s1. The van der Waals surface area contributed by atoms with Crippen LogP contribution in [0.1, 0.15) is 73.9 Å². The molecule has 202 valence electrons. The molecule has 5 nitrogen and oxygen atoms in total. The van der Waals surface area contributed by atoms with Gasteiger partial charge in [-0.15, -0.1) is 11.3 Å². The Morgan fingerprint density at radius 1 is 1.16 bits per heavy atom. The van der Waals surface area contributed by atoms with Gasteiger partial charge in [0.15, 0.2) is 0 Å². The maximum absolute atomic E-state index is 13.6. The minimum absolute atomic E-state index is 0.000176. The number of carbonyl (C=O) groups excluding carboxylic acids is 2. The van der Waals surface area contributed by atoms with Crippen molar-refractivity contribution in [1.29, 1.82) is 0 Å². The molecule has 2 amide bonds. The molecule has 5 rings (SSSR count). The number of fused-ring (bicyclic) bond motifs is 3. The van der Waals surface area contributed by atoms with Crippen LogP contribution in [0.2, 0.25) is 0 Å². The monoisotopic (exact) mass is 533 g/mol. The van der Waals surface area contributed by atoms with Gasteiger partial charge in [-0.3, -0.25) is 14.5 Å². The summed E-state index contributed by atoms with van der Waals surface area (Å²) in [5, 5.41) is 12.1. The quantitative estimate of drug-likeness (QED) is 0.279. The van der Waals surface area contributed by atoms with Gasteiger partial charge in [0, 0.05) is 10.8 Å². The third kappa shape index (κ3) is 5.01. The van der Waals surface area contributed by atoms with Gasteiger partial charge in [0.2, 0.25) is 11.8 Å². The van der Waals surface area contributed by atoms with Crippen LogP contribution in [0.25, 0.3) is 6.08 Å². The lowest BCUT2D eigenvalue weighted by Crippen LogP contribution is -2.34. The number of hydrogen-bond acceptors (Lipinski definition) is 5. The highest BCUT2D eigenvalue weighted by Crippen LogP contribution is 2.51. The van der Waals surface area contributed by atoms with Crippen LogP contribution in [0.3, 0.4) is 0 Å². The van der Waals surface area contributed by atoms with Gasteiger partial charge in [0.05, 0.1) is 31.1 Å². The van der Waals surface area contributed by atoms with E-state index in [9.17, 15) is 14.7 Å². The molecule has 1 N–H and O–H groups in total. The molecular weight excluding hydrogens is 494 g/mol. The molecule has 3 aliphatic rings. The molecule has 1 aliphatic carbocycles. The zero-order valence-electron chi connectivity index (χ0n) is 23.0. The number of aryl methyl sites for hydroxylation is 2. The molecule has 0 bridgehead atoms. The Bertz CT molecular complexity index is 1250. The topological polar surface area (TPSA) is 66.8 Å². The molecule has 0 radical (unpaired) electrons. The second-order valence-corrected chi connectivity index (χ2v) is 12.1. The molecule has 2 aromatic rings. The first-order valence-corrected chi connectivity index (χ1v) is 14.9. The number of benzene rings is 1. The maximum atomic E-state index is 13.6. The van der Waals surface area contributed by atoms with E-state index in [2.05, 4.69) is 19.9 Å². The van der Waals surface area contributed by atoms with E-state index in [1.54, 1.807) is 11.3 Å². The number of allylic oxidation sites excluding steroid dienone is 2. The summed E-state index contributed by atoms with van der Waals surface area (Å²) in [5.41, 5.74) is 6.92. The van der Waals surface area contributed by atoms with Gasteiger partial charge in [-0.1, -0.05) is 43.6 Å². The lowest BCUT2D eigenvalue weighted by Gasteiger charge is -2.32. The van der Waals surface area contributed by atoms with Crippen molar-refractivity contribution < 1.29 is 19.4 Å². The Hall–Kier alpha value is -2.70. The largest absolute Gasteiger partial charge is 0.507 e. The van der Waals surface area contributed by atoms with Gasteiger partial charge in [0.25, 0.3) is 0 Å². The minimum atomic E-state index is -0.285. The van der Waals surface area contributed by atoms with Gasteiger partial charge < -0.3 is 9.84 Å². The SMILES string of the molecule is CCCC1=C2[C@@H](CC/C(=C/c3cc(C)c(O)c(C)c3)CC)OC[C@@H]2[C@@H]2C(=O)N(Cc3cccs3)C(=O)[C@@H]2C1. The fourth-order valence-corrected chi connectivity index (χ4v) is 7.46. The molecule has 0 unspecified atom stereocenters. The zero-order valence-corrected chi connectivity index (χ0v) is 23.8. The second kappa shape index (κ2) is 11.2. The molecule has 1 aromatic heterocycles. The molecule has 1 aromatic carbocycles. The first-order chi connectivity index (χ1) is 18.3. The number of hydrogen-bond donors (Lipinski definition) is 1. The number of amides is 2. The number of carbonyl (C=O) groups is 2. The normalized spacial score (nSPS) is 25.4. The fourth-order valence-electron chi connectivity index (χ4n) is 6.77. The Kier molecular flexibility index (Phi) is 7.92. The Morgan fingerprint density at radius 2 is 1.92 bits per heavy atom. The van der Waals surface area contributed by atoms with Crippen LogP contribution in [-0.4, -0.2) is 34.5 Å². The Labute approximate surface area is 230 Å². The molecule has 6 heteroatoms. The highest BCUT2D eigenvalue weighted by molar-refractivity contribution is 7.09. The number of nitrogens with zero attached hydrogens (tertiary/aromatic N) is 1. The molecule has 2 saturated heterocycles. The van der Waals surface area contributed by atoms with Crippen molar-refractivity contribution in [1.82, 2.24) is 4.90 Å². The van der Waals surface area contributed by atoms with Crippen LogP contribution in [0, 0.1) is 31.6 Å². The Morgan fingerprint density at radius 3 is 2.58 bits per heavy atom. The summed E-state index contributed by atoms with van der Waals surface area (Å²) in [6.07, 6.45) is 7.68. The van der Waals surface area contributed by atoms with E-state index >= 15 is 0 Å². The van der Waals surface area contributed by atoms with Crippen LogP contribution in [0.4, 0.5) is 0 Å². The number of phenolic OH excluding ortho intramolecular Hbond substituents is 1. The van der Waals surface area contributed by atoms with Gasteiger partial charge in [0.1, 0.15) is 5.75 Å². The van der Waals surface area contributed by atoms with Crippen LogP contribution < -0.4 is 0 Å². The lowest BCUT2D eigenvalue weighted by atomic mass is 9.68. The highest BCUT2D eigenvalue weighted by Gasteiger charge is 2.56. The van der Waals surface area contributed by atoms with E-state index in [0.29, 0.717) is 25.3 Å². The number of thiophene rings is 1. The summed E-state index contributed by atoms with van der Waals surface area (Å²) in [4.78, 5) is 29.6. The van der Waals surface area contributed by atoms with E-state index in [4.69, 9.17) is 4.74 Å². The van der Waals surface area contributed by atoms with Crippen molar-refractivity contribution in [2.24, 2.45) is 17.8 Å². The van der Waals surface area contributed by atoms with Crippen LogP contribution in [0.15, 0.2) is 46.4 Å². The molecule has 0 spiro atoms. The van der Waals surface area contributed by atoms with Gasteiger partial charge >= 0.3 is 0 Å². The average Bonchev–Trinajstić information content (AvgIpc) is 3.62. The summed E-state index contributed by atoms with van der Waals surface area (Å²) in [6.45, 7) is 9.16. The smallest absolute Gasteiger partial charge is 0.234 e. The van der Waals surface area contributed by atoms with E-state index < -0.39 is 0 Å². The van der Waals surface area contributed by atoms with Crippen molar-refractivity contribution in [3.8, 4) is 5.75 Å². The first-order valence-electron chi connectivity index (χ1n) is 14.0. The average molecular weight is 534 g/mol. The Balaban J connectivity index is 1.35. The summed E-state index contributed by atoms with van der Waals surface area (Å²) in [5.74, 6) is -0.158. The van der Waals surface area contributed by atoms with Crippen molar-refractivity contribution in [2.75, 3.05) is 6.61 Å². The second-order valence-electron chi connectivity index (χ2n) is 11.1. The molecule has 2 aliphatic heterocycles. The number of ether oxygens (including phenoxy) is 1. The van der Waals surface area contributed by atoms with Crippen molar-refractivity contribution in [3.63, 3.8) is 0 Å².